The zero-order valence-electron chi connectivity index (χ0n) is 16.5. The quantitative estimate of drug-likeness (QED) is 0.225. The van der Waals surface area contributed by atoms with Crippen LogP contribution >= 0.6 is 0 Å². The number of hydrogen-bond donors (Lipinski definition) is 0. The Morgan fingerprint density at radius 1 is 0.833 bits per heavy atom. The summed E-state index contributed by atoms with van der Waals surface area (Å²) in [4.78, 5) is 22.6. The van der Waals surface area contributed by atoms with Gasteiger partial charge in [0.05, 0.1) is 0 Å². The molecule has 0 saturated heterocycles. The van der Waals surface area contributed by atoms with Gasteiger partial charge in [-0.1, -0.05) is 43.5 Å². The van der Waals surface area contributed by atoms with Crippen LogP contribution in [0.2, 0.25) is 0 Å². The molecule has 3 aromatic rings. The van der Waals surface area contributed by atoms with Crippen LogP contribution in [0.3, 0.4) is 0 Å². The average molecular weight is 400 g/mol. The topological polar surface area (TPSA) is 61.8 Å². The predicted molar refractivity (Wildman–Crippen MR) is 116 cm³/mol. The summed E-state index contributed by atoms with van der Waals surface area (Å²) in [5.41, 5.74) is 2.37. The van der Waals surface area contributed by atoms with Gasteiger partial charge in [-0.3, -0.25) is 0 Å². The van der Waals surface area contributed by atoms with Gasteiger partial charge in [0, 0.05) is 11.6 Å². The van der Waals surface area contributed by atoms with Gasteiger partial charge in [0.25, 0.3) is 0 Å². The van der Waals surface area contributed by atoms with Crippen LogP contribution in [0.1, 0.15) is 6.92 Å². The van der Waals surface area contributed by atoms with Crippen LogP contribution < -0.4 is 9.47 Å². The molecular formula is C25H20O5. The molecule has 30 heavy (non-hydrogen) atoms. The van der Waals surface area contributed by atoms with Gasteiger partial charge in [0.1, 0.15) is 24.0 Å². The maximum Gasteiger partial charge on any atom is 0.338 e. The fourth-order valence-electron chi connectivity index (χ4n) is 2.65. The van der Waals surface area contributed by atoms with Crippen LogP contribution in [-0.2, 0) is 14.3 Å². The molecule has 0 heterocycles. The number of rotatable bonds is 7. The highest BCUT2D eigenvalue weighted by atomic mass is 16.5. The molecule has 0 fully saturated rings. The lowest BCUT2D eigenvalue weighted by molar-refractivity contribution is -0.133. The Bertz CT molecular complexity index is 1140. The smallest absolute Gasteiger partial charge is 0.338 e. The summed E-state index contributed by atoms with van der Waals surface area (Å²) in [6.45, 7) is 8.46. The summed E-state index contributed by atoms with van der Waals surface area (Å²) in [5, 5.41) is 1.98. The molecule has 3 aromatic carbocycles. The van der Waals surface area contributed by atoms with Crippen LogP contribution in [0.5, 0.6) is 11.5 Å². The lowest BCUT2D eigenvalue weighted by Gasteiger charge is -2.07. The molecule has 5 nitrogen and oxygen atoms in total. The molecule has 0 aromatic heterocycles. The van der Waals surface area contributed by atoms with E-state index < -0.39 is 11.9 Å². The molecule has 0 spiro atoms. The van der Waals surface area contributed by atoms with Gasteiger partial charge in [0.15, 0.2) is 0 Å². The van der Waals surface area contributed by atoms with Gasteiger partial charge in [0.2, 0.25) is 0 Å². The van der Waals surface area contributed by atoms with Crippen LogP contribution in [0.25, 0.3) is 21.9 Å². The van der Waals surface area contributed by atoms with E-state index in [0.717, 1.165) is 28.0 Å². The molecule has 0 atom stereocenters. The van der Waals surface area contributed by atoms with Gasteiger partial charge in [-0.2, -0.15) is 0 Å². The maximum absolute atomic E-state index is 11.3. The highest BCUT2D eigenvalue weighted by molar-refractivity contribution is 5.90. The zero-order valence-corrected chi connectivity index (χ0v) is 16.5. The first-order valence-electron chi connectivity index (χ1n) is 9.13. The molecule has 0 amide bonds. The number of benzene rings is 3. The Labute approximate surface area is 174 Å². The first kappa shape index (κ1) is 20.6. The third kappa shape index (κ3) is 5.23. The third-order valence-electron chi connectivity index (χ3n) is 4.17. The van der Waals surface area contributed by atoms with Gasteiger partial charge in [-0.25, -0.2) is 9.59 Å². The maximum atomic E-state index is 11.3. The van der Waals surface area contributed by atoms with Crippen molar-refractivity contribution < 1.29 is 23.8 Å². The van der Waals surface area contributed by atoms with Crippen LogP contribution in [0.15, 0.2) is 98.0 Å². The highest BCUT2D eigenvalue weighted by Gasteiger charge is 2.04. The van der Waals surface area contributed by atoms with E-state index in [-0.39, 0.29) is 0 Å². The molecule has 0 unspecified atom stereocenters. The molecule has 0 aliphatic carbocycles. The van der Waals surface area contributed by atoms with Gasteiger partial charge in [-0.15, -0.1) is 0 Å². The second-order valence-electron chi connectivity index (χ2n) is 6.45. The van der Waals surface area contributed by atoms with E-state index in [0.29, 0.717) is 17.1 Å². The SMILES string of the molecule is C=CC(=O)Oc1ccc2cc(-c3ccc(O/C=C\OC(=O)C(=C)C)cc3)ccc2c1. The lowest BCUT2D eigenvalue weighted by Crippen LogP contribution is -2.02. The first-order chi connectivity index (χ1) is 14.5. The minimum absolute atomic E-state index is 0.313. The molecule has 150 valence electrons. The van der Waals surface area contributed by atoms with Crippen molar-refractivity contribution in [3.8, 4) is 22.6 Å². The lowest BCUT2D eigenvalue weighted by atomic mass is 10.0. The molecule has 0 N–H and O–H groups in total. The number of carbonyl (C=O) groups is 2. The number of ether oxygens (including phenoxy) is 3. The molecule has 0 bridgehead atoms. The largest absolute Gasteiger partial charge is 0.462 e. The first-order valence-corrected chi connectivity index (χ1v) is 9.13. The predicted octanol–water partition coefficient (Wildman–Crippen LogP) is 5.57. The van der Waals surface area contributed by atoms with E-state index in [1.807, 2.05) is 48.5 Å². The standard InChI is InChI=1S/C25H20O5/c1-4-24(26)30-23-12-9-20-15-19(5-6-21(20)16-23)18-7-10-22(11-8-18)28-13-14-29-25(27)17(2)3/h4-16H,1-2H2,3H3/b14-13-. The van der Waals surface area contributed by atoms with Crippen molar-refractivity contribution in [2.24, 2.45) is 0 Å². The van der Waals surface area contributed by atoms with E-state index in [1.165, 1.54) is 12.5 Å². The van der Waals surface area contributed by atoms with Crippen molar-refractivity contribution in [2.45, 2.75) is 6.92 Å². The number of carbonyl (C=O) groups excluding carboxylic acids is 2. The Kier molecular flexibility index (Phi) is 6.45. The monoisotopic (exact) mass is 400 g/mol. The van der Waals surface area contributed by atoms with Crippen LogP contribution in [-0.4, -0.2) is 11.9 Å². The van der Waals surface area contributed by atoms with Crippen molar-refractivity contribution in [3.63, 3.8) is 0 Å². The summed E-state index contributed by atoms with van der Waals surface area (Å²) >= 11 is 0. The Morgan fingerprint density at radius 3 is 2.17 bits per heavy atom. The molecule has 0 saturated carbocycles. The molecule has 0 radical (unpaired) electrons. The van der Waals surface area contributed by atoms with Crippen molar-refractivity contribution in [1.82, 2.24) is 0 Å². The fourth-order valence-corrected chi connectivity index (χ4v) is 2.65. The molecule has 5 heteroatoms. The highest BCUT2D eigenvalue weighted by Crippen LogP contribution is 2.28. The van der Waals surface area contributed by atoms with E-state index in [2.05, 4.69) is 19.2 Å². The van der Waals surface area contributed by atoms with E-state index in [1.54, 1.807) is 13.0 Å². The Hall–Kier alpha value is -4.12. The van der Waals surface area contributed by atoms with Crippen LogP contribution in [0.4, 0.5) is 0 Å². The normalized spacial score (nSPS) is 10.6. The Morgan fingerprint density at radius 2 is 1.47 bits per heavy atom. The second kappa shape index (κ2) is 9.39. The van der Waals surface area contributed by atoms with Crippen LogP contribution in [0, 0.1) is 0 Å². The molecule has 3 rings (SSSR count). The molecular weight excluding hydrogens is 380 g/mol. The number of hydrogen-bond acceptors (Lipinski definition) is 5. The van der Waals surface area contributed by atoms with Crippen molar-refractivity contribution in [2.75, 3.05) is 0 Å². The summed E-state index contributed by atoms with van der Waals surface area (Å²) in [6, 6.07) is 19.0. The van der Waals surface area contributed by atoms with Crippen molar-refractivity contribution in [1.29, 1.82) is 0 Å². The van der Waals surface area contributed by atoms with Gasteiger partial charge >= 0.3 is 11.9 Å². The van der Waals surface area contributed by atoms with Crippen molar-refractivity contribution >= 4 is 22.7 Å². The molecule has 0 aliphatic rings. The summed E-state index contributed by atoms with van der Waals surface area (Å²) in [5.74, 6) is 0.0871. The summed E-state index contributed by atoms with van der Waals surface area (Å²) in [7, 11) is 0. The van der Waals surface area contributed by atoms with Gasteiger partial charge in [-0.05, 0) is 59.2 Å². The minimum Gasteiger partial charge on any atom is -0.462 e. The van der Waals surface area contributed by atoms with E-state index >= 15 is 0 Å². The summed E-state index contributed by atoms with van der Waals surface area (Å²) < 4.78 is 15.4. The fraction of sp³-hybridized carbons (Fsp3) is 0.0400. The van der Waals surface area contributed by atoms with Gasteiger partial charge < -0.3 is 14.2 Å². The Balaban J connectivity index is 1.69. The number of fused-ring (bicyclic) bond motifs is 1. The van der Waals surface area contributed by atoms with E-state index in [4.69, 9.17) is 14.2 Å². The van der Waals surface area contributed by atoms with Crippen molar-refractivity contribution in [3.05, 3.63) is 98.0 Å². The number of esters is 2. The second-order valence-corrected chi connectivity index (χ2v) is 6.45. The summed E-state index contributed by atoms with van der Waals surface area (Å²) in [6.07, 6.45) is 3.60. The van der Waals surface area contributed by atoms with E-state index in [9.17, 15) is 9.59 Å². The average Bonchev–Trinajstić information content (AvgIpc) is 2.76. The molecule has 0 aliphatic heterocycles. The minimum atomic E-state index is -0.507. The zero-order chi connectivity index (χ0) is 21.5. The third-order valence-corrected chi connectivity index (χ3v) is 4.17.